The van der Waals surface area contributed by atoms with Gasteiger partial charge in [-0.1, -0.05) is 12.1 Å². The first-order valence-corrected chi connectivity index (χ1v) is 9.32. The predicted octanol–water partition coefficient (Wildman–Crippen LogP) is 1.88. The van der Waals surface area contributed by atoms with Crippen LogP contribution in [0, 0.1) is 0 Å². The van der Waals surface area contributed by atoms with Crippen LogP contribution < -0.4 is 5.32 Å². The molecule has 0 radical (unpaired) electrons. The van der Waals surface area contributed by atoms with Crippen molar-refractivity contribution in [3.63, 3.8) is 0 Å². The zero-order chi connectivity index (χ0) is 16.9. The summed E-state index contributed by atoms with van der Waals surface area (Å²) in [7, 11) is 1.88. The van der Waals surface area contributed by atoms with Crippen LogP contribution in [0.2, 0.25) is 0 Å². The van der Waals surface area contributed by atoms with E-state index in [1.165, 1.54) is 6.33 Å². The highest BCUT2D eigenvalue weighted by molar-refractivity contribution is 7.99. The van der Waals surface area contributed by atoms with E-state index in [0.717, 1.165) is 29.3 Å². The average molecular weight is 345 g/mol. The molecule has 1 aromatic heterocycles. The Hall–Kier alpha value is -1.86. The van der Waals surface area contributed by atoms with E-state index in [2.05, 4.69) is 22.3 Å². The average Bonchev–Trinajstić information content (AvgIpc) is 3.16. The second kappa shape index (κ2) is 7.81. The van der Waals surface area contributed by atoms with Crippen molar-refractivity contribution in [1.82, 2.24) is 25.0 Å². The highest BCUT2D eigenvalue weighted by Gasteiger charge is 2.22. The van der Waals surface area contributed by atoms with Crippen LogP contribution in [0.4, 0.5) is 0 Å². The summed E-state index contributed by atoms with van der Waals surface area (Å²) in [5.74, 6) is 2.33. The minimum Gasteiger partial charge on any atom is -0.339 e. The maximum atomic E-state index is 12.5. The Balaban J connectivity index is 1.62. The molecule has 0 bridgehead atoms. The van der Waals surface area contributed by atoms with Gasteiger partial charge in [0, 0.05) is 37.6 Å². The Labute approximate surface area is 146 Å². The van der Waals surface area contributed by atoms with E-state index in [4.69, 9.17) is 0 Å². The molecule has 24 heavy (non-hydrogen) atoms. The van der Waals surface area contributed by atoms with Crippen molar-refractivity contribution < 1.29 is 4.79 Å². The van der Waals surface area contributed by atoms with Crippen molar-refractivity contribution in [3.05, 3.63) is 42.5 Å². The van der Waals surface area contributed by atoms with E-state index in [0.29, 0.717) is 12.5 Å². The predicted molar refractivity (Wildman–Crippen MR) is 96.3 cm³/mol. The highest BCUT2D eigenvalue weighted by atomic mass is 32.2. The van der Waals surface area contributed by atoms with Crippen molar-refractivity contribution in [1.29, 1.82) is 0 Å². The first kappa shape index (κ1) is 17.0. The maximum Gasteiger partial charge on any atom is 0.224 e. The van der Waals surface area contributed by atoms with Crippen molar-refractivity contribution in [2.75, 3.05) is 25.1 Å². The Bertz CT molecular complexity index is 652. The van der Waals surface area contributed by atoms with Gasteiger partial charge in [0.2, 0.25) is 5.91 Å². The number of carbonyl (C=O) groups is 1. The third-order valence-electron chi connectivity index (χ3n) is 4.45. The molecule has 2 heterocycles. The fourth-order valence-corrected chi connectivity index (χ4v) is 3.74. The molecule has 1 aliphatic heterocycles. The van der Waals surface area contributed by atoms with Crippen molar-refractivity contribution in [2.24, 2.45) is 0 Å². The third kappa shape index (κ3) is 3.96. The Morgan fingerprint density at radius 1 is 1.46 bits per heavy atom. The van der Waals surface area contributed by atoms with Crippen molar-refractivity contribution in [2.45, 2.75) is 25.4 Å². The van der Waals surface area contributed by atoms with Crippen LogP contribution >= 0.6 is 11.8 Å². The molecule has 128 valence electrons. The lowest BCUT2D eigenvalue weighted by Crippen LogP contribution is -2.42. The lowest BCUT2D eigenvalue weighted by atomic mass is 10.1. The number of aromatic nitrogens is 3. The molecular weight excluding hydrogens is 322 g/mol. The molecule has 2 atom stereocenters. The van der Waals surface area contributed by atoms with Gasteiger partial charge in [0.15, 0.2) is 0 Å². The zero-order valence-corrected chi connectivity index (χ0v) is 14.9. The fraction of sp³-hybridized carbons (Fsp3) is 0.471. The van der Waals surface area contributed by atoms with Crippen LogP contribution in [0.15, 0.2) is 36.9 Å². The molecule has 1 amide bonds. The number of rotatable bonds is 5. The summed E-state index contributed by atoms with van der Waals surface area (Å²) >= 11 is 1.92. The minimum absolute atomic E-state index is 0.0403. The number of nitrogens with one attached hydrogen (secondary N) is 1. The molecule has 0 aliphatic carbocycles. The SMILES string of the molecule is CC(c1ccc(-n2cncn2)cc1)N(C)C(=O)CC1CSCCN1. The molecule has 1 saturated heterocycles. The summed E-state index contributed by atoms with van der Waals surface area (Å²) in [6, 6.07) is 8.41. The smallest absolute Gasteiger partial charge is 0.224 e. The monoisotopic (exact) mass is 345 g/mol. The number of amides is 1. The number of thioether (sulfide) groups is 1. The quantitative estimate of drug-likeness (QED) is 0.896. The zero-order valence-electron chi connectivity index (χ0n) is 14.1. The molecular formula is C17H23N5OS. The van der Waals surface area contributed by atoms with Gasteiger partial charge in [-0.2, -0.15) is 16.9 Å². The molecule has 1 N–H and O–H groups in total. The molecule has 6 nitrogen and oxygen atoms in total. The lowest BCUT2D eigenvalue weighted by molar-refractivity contribution is -0.132. The van der Waals surface area contributed by atoms with Crippen LogP contribution in [-0.2, 0) is 4.79 Å². The summed E-state index contributed by atoms with van der Waals surface area (Å²) in [6.45, 7) is 3.05. The fourth-order valence-electron chi connectivity index (χ4n) is 2.79. The van der Waals surface area contributed by atoms with Gasteiger partial charge >= 0.3 is 0 Å². The summed E-state index contributed by atoms with van der Waals surface area (Å²) in [4.78, 5) is 18.3. The van der Waals surface area contributed by atoms with E-state index in [1.54, 1.807) is 11.0 Å². The van der Waals surface area contributed by atoms with Gasteiger partial charge in [0.1, 0.15) is 12.7 Å². The summed E-state index contributed by atoms with van der Waals surface area (Å²) in [5, 5.41) is 7.54. The van der Waals surface area contributed by atoms with Crippen molar-refractivity contribution in [3.8, 4) is 5.69 Å². The lowest BCUT2D eigenvalue weighted by Gasteiger charge is -2.29. The minimum atomic E-state index is 0.0403. The molecule has 1 fully saturated rings. The second-order valence-corrected chi connectivity index (χ2v) is 7.19. The van der Waals surface area contributed by atoms with Crippen LogP contribution in [0.5, 0.6) is 0 Å². The Morgan fingerprint density at radius 2 is 2.25 bits per heavy atom. The molecule has 2 unspecified atom stereocenters. The number of nitrogens with zero attached hydrogens (tertiary/aromatic N) is 4. The molecule has 1 aromatic carbocycles. The van der Waals surface area contributed by atoms with Gasteiger partial charge in [0.05, 0.1) is 11.7 Å². The molecule has 1 aliphatic rings. The Morgan fingerprint density at radius 3 is 2.88 bits per heavy atom. The van der Waals surface area contributed by atoms with Crippen LogP contribution in [0.1, 0.15) is 24.9 Å². The van der Waals surface area contributed by atoms with Crippen LogP contribution in [0.25, 0.3) is 5.69 Å². The molecule has 0 spiro atoms. The van der Waals surface area contributed by atoms with E-state index in [-0.39, 0.29) is 11.9 Å². The summed E-state index contributed by atoms with van der Waals surface area (Å²) in [6.07, 6.45) is 3.74. The molecule has 7 heteroatoms. The van der Waals surface area contributed by atoms with E-state index in [9.17, 15) is 4.79 Å². The third-order valence-corrected chi connectivity index (χ3v) is 5.58. The molecule has 3 rings (SSSR count). The van der Waals surface area contributed by atoms with Gasteiger partial charge < -0.3 is 10.2 Å². The highest BCUT2D eigenvalue weighted by Crippen LogP contribution is 2.22. The van der Waals surface area contributed by atoms with Crippen molar-refractivity contribution >= 4 is 17.7 Å². The Kier molecular flexibility index (Phi) is 5.52. The van der Waals surface area contributed by atoms with Gasteiger partial charge in [-0.15, -0.1) is 0 Å². The van der Waals surface area contributed by atoms with E-state index in [1.807, 2.05) is 48.0 Å². The standard InChI is InChI=1S/C17H23N5OS/c1-13(21(2)17(23)9-15-10-24-8-7-19-15)14-3-5-16(6-4-14)22-12-18-11-20-22/h3-6,11-13,15,19H,7-10H2,1-2H3. The molecule has 2 aromatic rings. The van der Waals surface area contributed by atoms with Gasteiger partial charge in [-0.05, 0) is 24.6 Å². The van der Waals surface area contributed by atoms with Crippen LogP contribution in [0.3, 0.4) is 0 Å². The summed E-state index contributed by atoms with van der Waals surface area (Å²) in [5.41, 5.74) is 2.07. The number of carbonyl (C=O) groups excluding carboxylic acids is 1. The number of hydrogen-bond donors (Lipinski definition) is 1. The van der Waals surface area contributed by atoms with E-state index < -0.39 is 0 Å². The van der Waals surface area contributed by atoms with Crippen LogP contribution in [-0.4, -0.2) is 56.7 Å². The largest absolute Gasteiger partial charge is 0.339 e. The summed E-state index contributed by atoms with van der Waals surface area (Å²) < 4.78 is 1.72. The van der Waals surface area contributed by atoms with Gasteiger partial charge in [0.25, 0.3) is 0 Å². The first-order valence-electron chi connectivity index (χ1n) is 8.17. The normalized spacial score (nSPS) is 19.0. The maximum absolute atomic E-state index is 12.5. The number of benzene rings is 1. The topological polar surface area (TPSA) is 63.1 Å². The number of hydrogen-bond acceptors (Lipinski definition) is 5. The van der Waals surface area contributed by atoms with E-state index >= 15 is 0 Å². The first-order chi connectivity index (χ1) is 11.6. The molecule has 0 saturated carbocycles. The van der Waals surface area contributed by atoms with Gasteiger partial charge in [-0.3, -0.25) is 4.79 Å². The second-order valence-electron chi connectivity index (χ2n) is 6.04. The van der Waals surface area contributed by atoms with Gasteiger partial charge in [-0.25, -0.2) is 9.67 Å².